The van der Waals surface area contributed by atoms with Crippen LogP contribution in [0.3, 0.4) is 0 Å². The fraction of sp³-hybridized carbons (Fsp3) is 0.545. The van der Waals surface area contributed by atoms with Gasteiger partial charge >= 0.3 is 5.97 Å². The number of hydrogen-bond acceptors (Lipinski definition) is 5. The third-order valence-corrected chi connectivity index (χ3v) is 7.45. The van der Waals surface area contributed by atoms with E-state index in [1.807, 2.05) is 13.1 Å². The van der Waals surface area contributed by atoms with Crippen LogP contribution >= 0.6 is 0 Å². The number of fused-ring (bicyclic) bond motifs is 6. The number of carbonyl (C=O) groups is 1. The molecule has 0 saturated carbocycles. The van der Waals surface area contributed by atoms with Crippen molar-refractivity contribution in [1.29, 1.82) is 0 Å². The zero-order valence-electron chi connectivity index (χ0n) is 16.2. The number of aromatic nitrogens is 1. The third-order valence-electron chi connectivity index (χ3n) is 7.45. The second kappa shape index (κ2) is 5.67. The van der Waals surface area contributed by atoms with E-state index in [2.05, 4.69) is 46.1 Å². The molecule has 6 rings (SSSR count). The zero-order valence-corrected chi connectivity index (χ0v) is 16.2. The highest BCUT2D eigenvalue weighted by atomic mass is 16.6. The minimum atomic E-state index is -0.470. The number of nitrogens with zero attached hydrogens (tertiary/aromatic N) is 2. The molecular weight excluding hydrogens is 354 g/mol. The van der Waals surface area contributed by atoms with Gasteiger partial charge in [-0.15, -0.1) is 0 Å². The normalized spacial score (nSPS) is 38.3. The molecule has 28 heavy (non-hydrogen) atoms. The highest BCUT2D eigenvalue weighted by molar-refractivity contribution is 5.86. The molecule has 5 heterocycles. The second-order valence-corrected chi connectivity index (χ2v) is 8.50. The Morgan fingerprint density at radius 1 is 1.43 bits per heavy atom. The van der Waals surface area contributed by atoms with Gasteiger partial charge in [0.2, 0.25) is 0 Å². The average molecular weight is 379 g/mol. The van der Waals surface area contributed by atoms with Gasteiger partial charge in [0.1, 0.15) is 11.5 Å². The molecule has 6 heteroatoms. The largest absolute Gasteiger partial charge is 0.466 e. The summed E-state index contributed by atoms with van der Waals surface area (Å²) in [6.07, 6.45) is 3.51. The number of aliphatic imine (C=N–C) groups is 1. The number of ether oxygens (including phenoxy) is 2. The smallest absolute Gasteiger partial charge is 0.314 e. The van der Waals surface area contributed by atoms with E-state index >= 15 is 0 Å². The number of aromatic amines is 1. The summed E-state index contributed by atoms with van der Waals surface area (Å²) in [4.78, 5) is 23.5. The number of rotatable bonds is 2. The van der Waals surface area contributed by atoms with Gasteiger partial charge in [-0.05, 0) is 38.3 Å². The number of benzene rings is 1. The molecule has 4 aliphatic rings. The zero-order chi connectivity index (χ0) is 19.0. The number of nitrogens with one attached hydrogen (secondary N) is 1. The maximum absolute atomic E-state index is 12.7. The van der Waals surface area contributed by atoms with Crippen LogP contribution in [-0.2, 0) is 20.7 Å². The highest BCUT2D eigenvalue weighted by Gasteiger charge is 2.67. The maximum atomic E-state index is 12.7. The van der Waals surface area contributed by atoms with Crippen molar-refractivity contribution in [3.05, 3.63) is 35.5 Å². The molecule has 1 spiro atoms. The molecule has 0 amide bonds. The average Bonchev–Trinajstić information content (AvgIpc) is 3.38. The summed E-state index contributed by atoms with van der Waals surface area (Å²) in [6.45, 7) is 5.48. The number of esters is 1. The number of hydrogen-bond donors (Lipinski definition) is 1. The van der Waals surface area contributed by atoms with Crippen molar-refractivity contribution in [2.75, 3.05) is 13.2 Å². The summed E-state index contributed by atoms with van der Waals surface area (Å²) in [5.41, 5.74) is 3.49. The molecule has 0 unspecified atom stereocenters. The lowest BCUT2D eigenvalue weighted by Gasteiger charge is -2.53. The van der Waals surface area contributed by atoms with Gasteiger partial charge in [0, 0.05) is 41.3 Å². The Morgan fingerprint density at radius 2 is 2.29 bits per heavy atom. The van der Waals surface area contributed by atoms with Crippen molar-refractivity contribution in [2.45, 2.75) is 50.6 Å². The van der Waals surface area contributed by atoms with Crippen molar-refractivity contribution >= 4 is 23.1 Å². The molecule has 2 bridgehead atoms. The second-order valence-electron chi connectivity index (χ2n) is 8.50. The van der Waals surface area contributed by atoms with Gasteiger partial charge in [0.25, 0.3) is 0 Å². The molecule has 6 nitrogen and oxygen atoms in total. The van der Waals surface area contributed by atoms with Crippen LogP contribution in [0.4, 0.5) is 0 Å². The van der Waals surface area contributed by atoms with E-state index in [4.69, 9.17) is 9.47 Å². The topological polar surface area (TPSA) is 66.9 Å². The summed E-state index contributed by atoms with van der Waals surface area (Å²) >= 11 is 0. The predicted octanol–water partition coefficient (Wildman–Crippen LogP) is 2.83. The van der Waals surface area contributed by atoms with Gasteiger partial charge < -0.3 is 14.5 Å². The molecule has 1 aromatic carbocycles. The lowest BCUT2D eigenvalue weighted by atomic mass is 9.67. The SMILES string of the molecule is CCOC(=O)[C@@H]1[C@H]2C[C@H]3c4[nH]c5ccccc5c4CCN3[C@@H](C)[C@]23C=N[C@H]1O3. The van der Waals surface area contributed by atoms with E-state index in [1.54, 1.807) is 0 Å². The fourth-order valence-corrected chi connectivity index (χ4v) is 6.21. The number of carbonyl (C=O) groups excluding carboxylic acids is 1. The van der Waals surface area contributed by atoms with E-state index in [-0.39, 0.29) is 29.9 Å². The summed E-state index contributed by atoms with van der Waals surface area (Å²) in [6, 6.07) is 9.00. The summed E-state index contributed by atoms with van der Waals surface area (Å²) in [5, 5.41) is 1.33. The monoisotopic (exact) mass is 379 g/mol. The Balaban J connectivity index is 1.44. The summed E-state index contributed by atoms with van der Waals surface area (Å²) < 4.78 is 11.8. The van der Waals surface area contributed by atoms with Crippen LogP contribution in [0, 0.1) is 11.8 Å². The van der Waals surface area contributed by atoms with E-state index in [0.29, 0.717) is 6.61 Å². The van der Waals surface area contributed by atoms with Gasteiger partial charge in [-0.25, -0.2) is 0 Å². The lowest BCUT2D eigenvalue weighted by Crippen LogP contribution is -2.62. The van der Waals surface area contributed by atoms with E-state index < -0.39 is 11.8 Å². The number of para-hydroxylation sites is 1. The summed E-state index contributed by atoms with van der Waals surface area (Å²) in [7, 11) is 0. The Labute approximate surface area is 163 Å². The van der Waals surface area contributed by atoms with Crippen molar-refractivity contribution in [1.82, 2.24) is 9.88 Å². The molecule has 4 aliphatic heterocycles. The van der Waals surface area contributed by atoms with E-state index in [0.717, 1.165) is 19.4 Å². The van der Waals surface area contributed by atoms with Crippen molar-refractivity contribution in [3.8, 4) is 0 Å². The number of piperidine rings is 1. The minimum Gasteiger partial charge on any atom is -0.466 e. The van der Waals surface area contributed by atoms with Crippen LogP contribution in [-0.4, -0.2) is 53.1 Å². The van der Waals surface area contributed by atoms with Crippen LogP contribution in [0.15, 0.2) is 29.3 Å². The van der Waals surface area contributed by atoms with Crippen LogP contribution < -0.4 is 0 Å². The molecule has 2 saturated heterocycles. The van der Waals surface area contributed by atoms with E-state index in [1.165, 1.54) is 22.2 Å². The Kier molecular flexibility index (Phi) is 3.39. The quantitative estimate of drug-likeness (QED) is 0.815. The van der Waals surface area contributed by atoms with Crippen LogP contribution in [0.5, 0.6) is 0 Å². The van der Waals surface area contributed by atoms with Crippen molar-refractivity contribution in [2.24, 2.45) is 16.8 Å². The molecule has 0 radical (unpaired) electrons. The van der Waals surface area contributed by atoms with Crippen LogP contribution in [0.25, 0.3) is 10.9 Å². The molecule has 2 aromatic rings. The first-order chi connectivity index (χ1) is 13.6. The summed E-state index contributed by atoms with van der Waals surface area (Å²) in [5.74, 6) is -0.364. The molecule has 0 aliphatic carbocycles. The molecule has 146 valence electrons. The fourth-order valence-electron chi connectivity index (χ4n) is 6.21. The van der Waals surface area contributed by atoms with Crippen LogP contribution in [0.2, 0.25) is 0 Å². The third kappa shape index (κ3) is 1.95. The molecular formula is C22H25N3O3. The standard InChI is InChI=1S/C22H25N3O3/c1-3-27-21(26)18-15-10-17-19-14(13-6-4-5-7-16(13)24-19)8-9-25(17)12(2)22(15)11-23-20(18)28-22/h4-7,11-12,15,17-18,20,24H,3,8-10H2,1-2H3/t12-,15+,17-,18+,20-,22+/m0/s1. The predicted molar refractivity (Wildman–Crippen MR) is 105 cm³/mol. The Bertz CT molecular complexity index is 998. The molecule has 6 atom stereocenters. The van der Waals surface area contributed by atoms with Crippen molar-refractivity contribution in [3.63, 3.8) is 0 Å². The van der Waals surface area contributed by atoms with Crippen LogP contribution in [0.1, 0.15) is 37.6 Å². The number of H-pyrrole nitrogens is 1. The van der Waals surface area contributed by atoms with Gasteiger partial charge in [-0.2, -0.15) is 0 Å². The van der Waals surface area contributed by atoms with Gasteiger partial charge in [0.15, 0.2) is 6.23 Å². The first-order valence-corrected chi connectivity index (χ1v) is 10.4. The highest BCUT2D eigenvalue weighted by Crippen LogP contribution is 2.57. The van der Waals surface area contributed by atoms with Gasteiger partial charge in [-0.1, -0.05) is 18.2 Å². The van der Waals surface area contributed by atoms with Gasteiger partial charge in [-0.3, -0.25) is 14.7 Å². The molecule has 2 fully saturated rings. The Hall–Kier alpha value is -2.18. The Morgan fingerprint density at radius 3 is 3.14 bits per heavy atom. The maximum Gasteiger partial charge on any atom is 0.314 e. The first kappa shape index (κ1) is 16.7. The molecule has 1 aromatic heterocycles. The van der Waals surface area contributed by atoms with Crippen molar-refractivity contribution < 1.29 is 14.3 Å². The lowest BCUT2D eigenvalue weighted by molar-refractivity contribution is -0.151. The van der Waals surface area contributed by atoms with Gasteiger partial charge in [0.05, 0.1) is 12.6 Å². The van der Waals surface area contributed by atoms with E-state index in [9.17, 15) is 4.79 Å². The minimum absolute atomic E-state index is 0.0997. The first-order valence-electron chi connectivity index (χ1n) is 10.4. The molecule has 1 N–H and O–H groups in total.